The lowest BCUT2D eigenvalue weighted by atomic mass is 10.2. The van der Waals surface area contributed by atoms with Crippen molar-refractivity contribution >= 4 is 23.2 Å². The summed E-state index contributed by atoms with van der Waals surface area (Å²) in [6.45, 7) is 1.68. The first-order valence-electron chi connectivity index (χ1n) is 5.65. The average molecular weight is 278 g/mol. The zero-order valence-electron chi connectivity index (χ0n) is 10.3. The van der Waals surface area contributed by atoms with Crippen LogP contribution in [-0.2, 0) is 11.3 Å². The maximum Gasteiger partial charge on any atom is 0.267 e. The first kappa shape index (κ1) is 13.3. The molecule has 0 radical (unpaired) electrons. The predicted octanol–water partition coefficient (Wildman–Crippen LogP) is 1.84. The highest BCUT2D eigenvalue weighted by molar-refractivity contribution is 6.31. The van der Waals surface area contributed by atoms with E-state index in [1.54, 1.807) is 18.2 Å². The highest BCUT2D eigenvalue weighted by Gasteiger charge is 2.08. The lowest BCUT2D eigenvalue weighted by Crippen LogP contribution is -2.28. The summed E-state index contributed by atoms with van der Waals surface area (Å²) in [5, 5.41) is 7.10. The van der Waals surface area contributed by atoms with E-state index in [4.69, 9.17) is 11.6 Å². The van der Waals surface area contributed by atoms with Gasteiger partial charge in [-0.1, -0.05) is 17.7 Å². The van der Waals surface area contributed by atoms with Crippen molar-refractivity contribution in [1.29, 1.82) is 0 Å². The van der Waals surface area contributed by atoms with Crippen LogP contribution < -0.4 is 10.9 Å². The summed E-state index contributed by atoms with van der Waals surface area (Å²) in [6.07, 6.45) is 1.46. The Morgan fingerprint density at radius 3 is 2.89 bits per heavy atom. The van der Waals surface area contributed by atoms with Gasteiger partial charge < -0.3 is 5.32 Å². The molecule has 1 aromatic carbocycles. The second kappa shape index (κ2) is 5.67. The van der Waals surface area contributed by atoms with Gasteiger partial charge in [-0.25, -0.2) is 4.68 Å². The highest BCUT2D eigenvalue weighted by Crippen LogP contribution is 2.22. The number of amides is 1. The predicted molar refractivity (Wildman–Crippen MR) is 73.3 cm³/mol. The molecular weight excluding hydrogens is 266 g/mol. The molecule has 0 spiro atoms. The van der Waals surface area contributed by atoms with Crippen LogP contribution in [0, 0.1) is 6.92 Å². The molecule has 5 nitrogen and oxygen atoms in total. The number of benzene rings is 1. The lowest BCUT2D eigenvalue weighted by Gasteiger charge is -2.09. The van der Waals surface area contributed by atoms with Gasteiger partial charge in [0, 0.05) is 23.0 Å². The third-order valence-corrected chi connectivity index (χ3v) is 3.03. The van der Waals surface area contributed by atoms with E-state index in [0.717, 1.165) is 10.2 Å². The molecule has 0 atom stereocenters. The third kappa shape index (κ3) is 3.20. The Labute approximate surface area is 114 Å². The maximum absolute atomic E-state index is 11.8. The Kier molecular flexibility index (Phi) is 3.97. The molecule has 0 aliphatic rings. The molecule has 1 heterocycles. The molecule has 1 N–H and O–H groups in total. The minimum absolute atomic E-state index is 0.133. The average Bonchev–Trinajstić information content (AvgIpc) is 2.38. The molecule has 19 heavy (non-hydrogen) atoms. The van der Waals surface area contributed by atoms with Crippen LogP contribution in [0.4, 0.5) is 5.69 Å². The fraction of sp³-hybridized carbons (Fsp3) is 0.154. The summed E-state index contributed by atoms with van der Waals surface area (Å²) in [5.41, 5.74) is 1.09. The summed E-state index contributed by atoms with van der Waals surface area (Å²) in [4.78, 5) is 23.3. The molecule has 0 unspecified atom stereocenters. The molecule has 0 fully saturated rings. The number of aromatic nitrogens is 2. The molecule has 6 heteroatoms. The summed E-state index contributed by atoms with van der Waals surface area (Å²) in [5.74, 6) is -0.328. The number of carbonyl (C=O) groups excluding carboxylic acids is 1. The Morgan fingerprint density at radius 2 is 2.16 bits per heavy atom. The van der Waals surface area contributed by atoms with Crippen molar-refractivity contribution in [3.63, 3.8) is 0 Å². The quantitative estimate of drug-likeness (QED) is 0.931. The largest absolute Gasteiger partial charge is 0.324 e. The van der Waals surface area contributed by atoms with Gasteiger partial charge in [-0.05, 0) is 30.7 Å². The maximum atomic E-state index is 11.8. The monoisotopic (exact) mass is 277 g/mol. The van der Waals surface area contributed by atoms with Crippen LogP contribution in [0.1, 0.15) is 5.56 Å². The number of rotatable bonds is 3. The van der Waals surface area contributed by atoms with E-state index in [9.17, 15) is 9.59 Å². The SMILES string of the molecule is Cc1c(Cl)cccc1NC(=O)Cn1ncccc1=O. The minimum Gasteiger partial charge on any atom is -0.324 e. The van der Waals surface area contributed by atoms with Crippen molar-refractivity contribution in [3.8, 4) is 0 Å². The van der Waals surface area contributed by atoms with E-state index in [-0.39, 0.29) is 18.0 Å². The summed E-state index contributed by atoms with van der Waals surface area (Å²) in [7, 11) is 0. The smallest absolute Gasteiger partial charge is 0.267 e. The molecule has 0 saturated heterocycles. The Morgan fingerprint density at radius 1 is 1.37 bits per heavy atom. The molecular formula is C13H12ClN3O2. The van der Waals surface area contributed by atoms with Crippen LogP contribution in [0.5, 0.6) is 0 Å². The van der Waals surface area contributed by atoms with Gasteiger partial charge in [-0.3, -0.25) is 9.59 Å². The number of carbonyl (C=O) groups is 1. The van der Waals surface area contributed by atoms with Crippen molar-refractivity contribution in [3.05, 3.63) is 57.5 Å². The van der Waals surface area contributed by atoms with E-state index in [0.29, 0.717) is 10.7 Å². The second-order valence-corrected chi connectivity index (χ2v) is 4.39. The van der Waals surface area contributed by atoms with Crippen molar-refractivity contribution < 1.29 is 4.79 Å². The van der Waals surface area contributed by atoms with Crippen LogP contribution in [0.2, 0.25) is 5.02 Å². The van der Waals surface area contributed by atoms with Crippen molar-refractivity contribution in [2.24, 2.45) is 0 Å². The minimum atomic E-state index is -0.328. The molecule has 0 saturated carbocycles. The van der Waals surface area contributed by atoms with Crippen LogP contribution >= 0.6 is 11.6 Å². The van der Waals surface area contributed by atoms with Crippen molar-refractivity contribution in [2.45, 2.75) is 13.5 Å². The number of halogens is 1. The van der Waals surface area contributed by atoms with Gasteiger partial charge in [-0.2, -0.15) is 5.10 Å². The zero-order valence-corrected chi connectivity index (χ0v) is 11.0. The van der Waals surface area contributed by atoms with E-state index in [2.05, 4.69) is 10.4 Å². The second-order valence-electron chi connectivity index (χ2n) is 3.98. The van der Waals surface area contributed by atoms with Gasteiger partial charge in [0.25, 0.3) is 5.56 Å². The van der Waals surface area contributed by atoms with E-state index in [1.165, 1.54) is 18.3 Å². The first-order chi connectivity index (χ1) is 9.08. The number of hydrogen-bond acceptors (Lipinski definition) is 3. The molecule has 0 aliphatic carbocycles. The molecule has 2 aromatic rings. The summed E-state index contributed by atoms with van der Waals surface area (Å²) >= 11 is 5.96. The first-order valence-corrected chi connectivity index (χ1v) is 6.03. The third-order valence-electron chi connectivity index (χ3n) is 2.62. The van der Waals surface area contributed by atoms with Crippen molar-refractivity contribution in [1.82, 2.24) is 9.78 Å². The van der Waals surface area contributed by atoms with Crippen LogP contribution in [0.15, 0.2) is 41.3 Å². The molecule has 0 aliphatic heterocycles. The van der Waals surface area contributed by atoms with Gasteiger partial charge in [-0.15, -0.1) is 0 Å². The Hall–Kier alpha value is -2.14. The lowest BCUT2D eigenvalue weighted by molar-refractivity contribution is -0.117. The number of anilines is 1. The van der Waals surface area contributed by atoms with Gasteiger partial charge in [0.2, 0.25) is 5.91 Å². The van der Waals surface area contributed by atoms with E-state index < -0.39 is 0 Å². The molecule has 98 valence electrons. The highest BCUT2D eigenvalue weighted by atomic mass is 35.5. The number of nitrogens with one attached hydrogen (secondary N) is 1. The fourth-order valence-electron chi connectivity index (χ4n) is 1.57. The van der Waals surface area contributed by atoms with Gasteiger partial charge in [0.1, 0.15) is 6.54 Å². The van der Waals surface area contributed by atoms with Crippen LogP contribution in [0.3, 0.4) is 0 Å². The Bertz CT molecular complexity index is 667. The van der Waals surface area contributed by atoms with Gasteiger partial charge in [0.15, 0.2) is 0 Å². The van der Waals surface area contributed by atoms with Gasteiger partial charge in [0.05, 0.1) is 0 Å². The standard InChI is InChI=1S/C13H12ClN3O2/c1-9-10(14)4-2-5-11(9)16-12(18)8-17-13(19)6-3-7-15-17/h2-7H,8H2,1H3,(H,16,18). The summed E-state index contributed by atoms with van der Waals surface area (Å²) < 4.78 is 1.09. The topological polar surface area (TPSA) is 64.0 Å². The summed E-state index contributed by atoms with van der Waals surface area (Å²) in [6, 6.07) is 8.12. The normalized spacial score (nSPS) is 10.2. The van der Waals surface area contributed by atoms with E-state index >= 15 is 0 Å². The van der Waals surface area contributed by atoms with Crippen LogP contribution in [0.25, 0.3) is 0 Å². The number of nitrogens with zero attached hydrogens (tertiary/aromatic N) is 2. The number of hydrogen-bond donors (Lipinski definition) is 1. The van der Waals surface area contributed by atoms with Crippen molar-refractivity contribution in [2.75, 3.05) is 5.32 Å². The van der Waals surface area contributed by atoms with Crippen LogP contribution in [-0.4, -0.2) is 15.7 Å². The molecule has 1 amide bonds. The Balaban J connectivity index is 2.12. The molecule has 1 aromatic heterocycles. The fourth-order valence-corrected chi connectivity index (χ4v) is 1.75. The van der Waals surface area contributed by atoms with E-state index in [1.807, 2.05) is 6.92 Å². The zero-order chi connectivity index (χ0) is 13.8. The molecule has 0 bridgehead atoms. The van der Waals surface area contributed by atoms with Gasteiger partial charge >= 0.3 is 0 Å². The molecule has 2 rings (SSSR count).